The van der Waals surface area contributed by atoms with Crippen molar-refractivity contribution in [2.45, 2.75) is 59.2 Å². The fourth-order valence-corrected chi connectivity index (χ4v) is 2.72. The molecule has 31 heavy (non-hydrogen) atoms. The van der Waals surface area contributed by atoms with Crippen LogP contribution in [0.15, 0.2) is 35.3 Å². The van der Waals surface area contributed by atoms with Crippen molar-refractivity contribution >= 4 is 12.1 Å². The van der Waals surface area contributed by atoms with Crippen molar-refractivity contribution in [3.63, 3.8) is 0 Å². The maximum Gasteiger partial charge on any atom is 0.407 e. The van der Waals surface area contributed by atoms with E-state index >= 15 is 0 Å². The first kappa shape index (κ1) is 24.2. The summed E-state index contributed by atoms with van der Waals surface area (Å²) < 4.78 is 7.17. The molecule has 0 saturated heterocycles. The number of carbonyl (C=O) groups excluding carboxylic acids is 1. The first-order chi connectivity index (χ1) is 14.7. The van der Waals surface area contributed by atoms with Crippen LogP contribution in [0.25, 0.3) is 0 Å². The van der Waals surface area contributed by atoms with Crippen molar-refractivity contribution in [1.29, 1.82) is 0 Å². The first-order valence-corrected chi connectivity index (χ1v) is 10.6. The number of alkyl carbamates (subject to hydrolysis) is 1. The Morgan fingerprint density at radius 3 is 2.45 bits per heavy atom. The third kappa shape index (κ3) is 8.65. The van der Waals surface area contributed by atoms with Crippen LogP contribution in [0.1, 0.15) is 57.4 Å². The molecular formula is C22H35N7O2. The van der Waals surface area contributed by atoms with Crippen LogP contribution < -0.4 is 16.0 Å². The quantitative estimate of drug-likeness (QED) is 0.339. The molecule has 1 unspecified atom stereocenters. The standard InChI is InChI=1S/C22H35N7O2/c1-16(18-11-8-7-9-12-18)26-20(25-15-19-28-27-17(2)29(19)6)23-13-10-14-24-21(30)31-22(3,4)5/h7-9,11-12,16H,10,13-15H2,1-6H3,(H,24,30)(H2,23,25,26). The number of hydrogen-bond acceptors (Lipinski definition) is 5. The summed E-state index contributed by atoms with van der Waals surface area (Å²) in [4.78, 5) is 16.4. The summed E-state index contributed by atoms with van der Waals surface area (Å²) in [6.45, 7) is 11.1. The smallest absolute Gasteiger partial charge is 0.407 e. The Hall–Kier alpha value is -3.10. The molecule has 1 amide bonds. The molecular weight excluding hydrogens is 394 g/mol. The molecule has 0 fully saturated rings. The van der Waals surface area contributed by atoms with Crippen molar-refractivity contribution in [2.24, 2.45) is 12.0 Å². The molecule has 9 nitrogen and oxygen atoms in total. The number of benzene rings is 1. The number of rotatable bonds is 8. The average Bonchev–Trinajstić information content (AvgIpc) is 3.02. The lowest BCUT2D eigenvalue weighted by Gasteiger charge is -2.20. The zero-order chi connectivity index (χ0) is 22.9. The normalized spacial score (nSPS) is 12.9. The van der Waals surface area contributed by atoms with Crippen molar-refractivity contribution in [3.8, 4) is 0 Å². The van der Waals surface area contributed by atoms with E-state index in [2.05, 4.69) is 50.2 Å². The highest BCUT2D eigenvalue weighted by Gasteiger charge is 2.15. The molecule has 0 spiro atoms. The number of amides is 1. The molecule has 170 valence electrons. The lowest BCUT2D eigenvalue weighted by atomic mass is 10.1. The summed E-state index contributed by atoms with van der Waals surface area (Å²) in [6, 6.07) is 10.3. The van der Waals surface area contributed by atoms with Gasteiger partial charge in [-0.15, -0.1) is 10.2 Å². The molecule has 1 aromatic carbocycles. The molecule has 1 aromatic heterocycles. The van der Waals surface area contributed by atoms with Gasteiger partial charge in [-0.05, 0) is 46.6 Å². The second-order valence-electron chi connectivity index (χ2n) is 8.37. The number of nitrogens with zero attached hydrogens (tertiary/aromatic N) is 4. The molecule has 0 radical (unpaired) electrons. The van der Waals surface area contributed by atoms with Crippen molar-refractivity contribution in [1.82, 2.24) is 30.7 Å². The number of carbonyl (C=O) groups is 1. The molecule has 1 atom stereocenters. The van der Waals surface area contributed by atoms with Gasteiger partial charge < -0.3 is 25.3 Å². The molecule has 1 heterocycles. The van der Waals surface area contributed by atoms with Gasteiger partial charge in [-0.3, -0.25) is 0 Å². The number of aryl methyl sites for hydroxylation is 1. The van der Waals surface area contributed by atoms with E-state index in [-0.39, 0.29) is 6.04 Å². The molecule has 0 aliphatic heterocycles. The topological polar surface area (TPSA) is 105 Å². The third-order valence-corrected chi connectivity index (χ3v) is 4.53. The van der Waals surface area contributed by atoms with Gasteiger partial charge in [0.2, 0.25) is 0 Å². The molecule has 9 heteroatoms. The SMILES string of the molecule is Cc1nnc(CN=C(NCCCNC(=O)OC(C)(C)C)NC(C)c2ccccc2)n1C. The van der Waals surface area contributed by atoms with E-state index in [0.29, 0.717) is 25.6 Å². The van der Waals surface area contributed by atoms with Gasteiger partial charge in [0, 0.05) is 20.1 Å². The number of ether oxygens (including phenoxy) is 1. The number of nitrogens with one attached hydrogen (secondary N) is 3. The van der Waals surface area contributed by atoms with Gasteiger partial charge >= 0.3 is 6.09 Å². The molecule has 0 saturated carbocycles. The Morgan fingerprint density at radius 1 is 1.16 bits per heavy atom. The molecule has 3 N–H and O–H groups in total. The van der Waals surface area contributed by atoms with Crippen molar-refractivity contribution in [3.05, 3.63) is 47.5 Å². The Morgan fingerprint density at radius 2 is 1.84 bits per heavy atom. The highest BCUT2D eigenvalue weighted by molar-refractivity contribution is 5.80. The van der Waals surface area contributed by atoms with Gasteiger partial charge in [-0.1, -0.05) is 30.3 Å². The van der Waals surface area contributed by atoms with Gasteiger partial charge in [0.25, 0.3) is 0 Å². The van der Waals surface area contributed by atoms with Crippen LogP contribution >= 0.6 is 0 Å². The van der Waals surface area contributed by atoms with Crippen LogP contribution in [0.4, 0.5) is 4.79 Å². The Labute approximate surface area is 184 Å². The fourth-order valence-electron chi connectivity index (χ4n) is 2.72. The minimum atomic E-state index is -0.502. The fraction of sp³-hybridized carbons (Fsp3) is 0.545. The van der Waals surface area contributed by atoms with E-state index in [1.54, 1.807) is 0 Å². The highest BCUT2D eigenvalue weighted by Crippen LogP contribution is 2.11. The molecule has 0 aliphatic rings. The average molecular weight is 430 g/mol. The maximum absolute atomic E-state index is 11.7. The second kappa shape index (κ2) is 11.3. The summed E-state index contributed by atoms with van der Waals surface area (Å²) in [6.07, 6.45) is 0.317. The summed E-state index contributed by atoms with van der Waals surface area (Å²) in [7, 11) is 1.93. The summed E-state index contributed by atoms with van der Waals surface area (Å²) in [5, 5.41) is 17.8. The highest BCUT2D eigenvalue weighted by atomic mass is 16.6. The van der Waals surface area contributed by atoms with Crippen LogP contribution in [-0.2, 0) is 18.3 Å². The Kier molecular flexibility index (Phi) is 8.84. The molecule has 0 aliphatic carbocycles. The minimum absolute atomic E-state index is 0.0774. The number of hydrogen-bond donors (Lipinski definition) is 3. The third-order valence-electron chi connectivity index (χ3n) is 4.53. The predicted molar refractivity (Wildman–Crippen MR) is 122 cm³/mol. The van der Waals surface area contributed by atoms with Crippen LogP contribution in [0.2, 0.25) is 0 Å². The maximum atomic E-state index is 11.7. The van der Waals surface area contributed by atoms with Crippen LogP contribution in [-0.4, -0.2) is 45.5 Å². The molecule has 2 rings (SSSR count). The van der Waals surface area contributed by atoms with E-state index in [4.69, 9.17) is 4.74 Å². The molecule has 2 aromatic rings. The number of aromatic nitrogens is 3. The van der Waals surface area contributed by atoms with Crippen LogP contribution in [0.5, 0.6) is 0 Å². The van der Waals surface area contributed by atoms with Crippen LogP contribution in [0, 0.1) is 6.92 Å². The minimum Gasteiger partial charge on any atom is -0.444 e. The van der Waals surface area contributed by atoms with Crippen molar-refractivity contribution < 1.29 is 9.53 Å². The van der Waals surface area contributed by atoms with E-state index in [1.807, 2.05) is 57.5 Å². The molecule has 0 bridgehead atoms. The lowest BCUT2D eigenvalue weighted by Crippen LogP contribution is -2.40. The van der Waals surface area contributed by atoms with Gasteiger partial charge in [-0.25, -0.2) is 9.79 Å². The van der Waals surface area contributed by atoms with E-state index in [0.717, 1.165) is 23.6 Å². The zero-order valence-electron chi connectivity index (χ0n) is 19.4. The van der Waals surface area contributed by atoms with Gasteiger partial charge in [0.15, 0.2) is 11.8 Å². The second-order valence-corrected chi connectivity index (χ2v) is 8.37. The summed E-state index contributed by atoms with van der Waals surface area (Å²) in [5.41, 5.74) is 0.663. The Bertz CT molecular complexity index is 856. The largest absolute Gasteiger partial charge is 0.444 e. The van der Waals surface area contributed by atoms with E-state index in [1.165, 1.54) is 0 Å². The number of aliphatic imine (C=N–C) groups is 1. The Balaban J connectivity index is 1.91. The van der Waals surface area contributed by atoms with Crippen molar-refractivity contribution in [2.75, 3.05) is 13.1 Å². The summed E-state index contributed by atoms with van der Waals surface area (Å²) >= 11 is 0. The van der Waals surface area contributed by atoms with E-state index < -0.39 is 11.7 Å². The first-order valence-electron chi connectivity index (χ1n) is 10.6. The monoisotopic (exact) mass is 429 g/mol. The van der Waals surface area contributed by atoms with Gasteiger partial charge in [0.05, 0.1) is 6.04 Å². The van der Waals surface area contributed by atoms with E-state index in [9.17, 15) is 4.79 Å². The number of guanidine groups is 1. The lowest BCUT2D eigenvalue weighted by molar-refractivity contribution is 0.0527. The summed E-state index contributed by atoms with van der Waals surface area (Å²) in [5.74, 6) is 2.31. The zero-order valence-corrected chi connectivity index (χ0v) is 19.4. The predicted octanol–water partition coefficient (Wildman–Crippen LogP) is 2.83. The van der Waals surface area contributed by atoms with Gasteiger partial charge in [0.1, 0.15) is 18.0 Å². The van der Waals surface area contributed by atoms with Crippen LogP contribution in [0.3, 0.4) is 0 Å². The van der Waals surface area contributed by atoms with Gasteiger partial charge in [-0.2, -0.15) is 0 Å².